The Morgan fingerprint density at radius 3 is 2.93 bits per heavy atom. The zero-order valence-electron chi connectivity index (χ0n) is 8.20. The number of morpholine rings is 1. The van der Waals surface area contributed by atoms with E-state index < -0.39 is 0 Å². The number of hydrogen-bond acceptors (Lipinski definition) is 5. The fourth-order valence-corrected chi connectivity index (χ4v) is 1.73. The van der Waals surface area contributed by atoms with Gasteiger partial charge >= 0.3 is 0 Å². The fourth-order valence-electron chi connectivity index (χ4n) is 1.73. The molecule has 3 rings (SSSR count). The molecule has 1 aliphatic rings. The van der Waals surface area contributed by atoms with Crippen LogP contribution in [0.1, 0.15) is 0 Å². The quantitative estimate of drug-likeness (QED) is 0.645. The lowest BCUT2D eigenvalue weighted by Gasteiger charge is -2.29. The first-order chi connectivity index (χ1) is 7.45. The zero-order valence-corrected chi connectivity index (χ0v) is 8.20. The van der Waals surface area contributed by atoms with E-state index in [9.17, 15) is 0 Å². The second-order valence-corrected chi connectivity index (χ2v) is 3.39. The summed E-state index contributed by atoms with van der Waals surface area (Å²) in [5, 5.41) is 2.17. The van der Waals surface area contributed by atoms with Crippen LogP contribution in [0.25, 0.3) is 11.2 Å². The Balaban J connectivity index is 2.02. The predicted molar refractivity (Wildman–Crippen MR) is 54.1 cm³/mol. The highest BCUT2D eigenvalue weighted by Gasteiger charge is 2.13. The lowest BCUT2D eigenvalue weighted by Crippen LogP contribution is -2.43. The zero-order chi connectivity index (χ0) is 10.1. The van der Waals surface area contributed by atoms with E-state index in [1.54, 1.807) is 18.9 Å². The van der Waals surface area contributed by atoms with Crippen molar-refractivity contribution in [2.45, 2.75) is 0 Å². The van der Waals surface area contributed by atoms with Crippen molar-refractivity contribution in [1.82, 2.24) is 19.6 Å². The molecule has 0 aromatic carbocycles. The molecule has 0 unspecified atom stereocenters. The molecule has 0 radical (unpaired) electrons. The molecule has 0 N–H and O–H groups in total. The van der Waals surface area contributed by atoms with Crippen LogP contribution in [0, 0.1) is 0 Å². The van der Waals surface area contributed by atoms with Crippen molar-refractivity contribution in [3.63, 3.8) is 0 Å². The standard InChI is InChI=1S/C9H11N5O/c1-3-15-4-2-13(1)14-7-12-8-5-10-6-11-9(8)14/h5-7H,1-4H2. The number of aromatic nitrogens is 4. The van der Waals surface area contributed by atoms with E-state index in [4.69, 9.17) is 4.74 Å². The summed E-state index contributed by atoms with van der Waals surface area (Å²) < 4.78 is 7.27. The Bertz CT molecular complexity index is 462. The summed E-state index contributed by atoms with van der Waals surface area (Å²) in [6.07, 6.45) is 5.05. The molecule has 0 saturated carbocycles. The summed E-state index contributed by atoms with van der Waals surface area (Å²) in [6, 6.07) is 0. The largest absolute Gasteiger partial charge is 0.378 e. The van der Waals surface area contributed by atoms with Crippen molar-refractivity contribution in [2.24, 2.45) is 0 Å². The van der Waals surface area contributed by atoms with Gasteiger partial charge in [-0.25, -0.2) is 19.6 Å². The Kier molecular flexibility index (Phi) is 1.99. The van der Waals surface area contributed by atoms with Gasteiger partial charge in [0, 0.05) is 0 Å². The van der Waals surface area contributed by atoms with Crippen LogP contribution in [0.4, 0.5) is 0 Å². The normalized spacial score (nSPS) is 17.2. The summed E-state index contributed by atoms with van der Waals surface area (Å²) in [6.45, 7) is 3.25. The minimum atomic E-state index is 0.755. The van der Waals surface area contributed by atoms with Crippen LogP contribution in [0.3, 0.4) is 0 Å². The SMILES string of the molecule is c1ncc2ncn(N3CCOCC3)c2n1. The molecular weight excluding hydrogens is 194 g/mol. The minimum Gasteiger partial charge on any atom is -0.378 e. The van der Waals surface area contributed by atoms with E-state index in [-0.39, 0.29) is 0 Å². The van der Waals surface area contributed by atoms with Gasteiger partial charge in [0.05, 0.1) is 32.5 Å². The van der Waals surface area contributed by atoms with Crippen molar-refractivity contribution in [1.29, 1.82) is 0 Å². The maximum Gasteiger partial charge on any atom is 0.182 e. The lowest BCUT2D eigenvalue weighted by molar-refractivity contribution is 0.112. The average Bonchev–Trinajstić information content (AvgIpc) is 2.74. The van der Waals surface area contributed by atoms with Crippen LogP contribution in [0.5, 0.6) is 0 Å². The van der Waals surface area contributed by atoms with Gasteiger partial charge in [0.15, 0.2) is 5.65 Å². The Hall–Kier alpha value is -1.69. The first-order valence-corrected chi connectivity index (χ1v) is 4.91. The molecule has 1 aliphatic heterocycles. The van der Waals surface area contributed by atoms with Crippen molar-refractivity contribution in [2.75, 3.05) is 31.3 Å². The van der Waals surface area contributed by atoms with Crippen LogP contribution < -0.4 is 5.01 Å². The highest BCUT2D eigenvalue weighted by molar-refractivity contribution is 5.69. The van der Waals surface area contributed by atoms with Crippen LogP contribution in [-0.2, 0) is 4.74 Å². The summed E-state index contributed by atoms with van der Waals surface area (Å²) in [5.41, 5.74) is 1.68. The summed E-state index contributed by atoms with van der Waals surface area (Å²) in [4.78, 5) is 12.4. The molecule has 2 aromatic heterocycles. The molecule has 1 fully saturated rings. The Labute approximate surface area is 86.5 Å². The van der Waals surface area contributed by atoms with Gasteiger partial charge in [-0.1, -0.05) is 0 Å². The predicted octanol–water partition coefficient (Wildman–Crippen LogP) is -0.206. The van der Waals surface area contributed by atoms with E-state index in [1.165, 1.54) is 0 Å². The van der Waals surface area contributed by atoms with Crippen molar-refractivity contribution >= 4 is 11.2 Å². The van der Waals surface area contributed by atoms with Crippen molar-refractivity contribution in [3.8, 4) is 0 Å². The number of rotatable bonds is 1. The van der Waals surface area contributed by atoms with Gasteiger partial charge in [-0.3, -0.25) is 0 Å². The molecular formula is C9H11N5O. The first kappa shape index (κ1) is 8.60. The molecule has 0 spiro atoms. The summed E-state index contributed by atoms with van der Waals surface area (Å²) >= 11 is 0. The van der Waals surface area contributed by atoms with Crippen LogP contribution >= 0.6 is 0 Å². The second kappa shape index (κ2) is 3.47. The Morgan fingerprint density at radius 2 is 2.07 bits per heavy atom. The second-order valence-electron chi connectivity index (χ2n) is 3.39. The van der Waals surface area contributed by atoms with E-state index >= 15 is 0 Å². The van der Waals surface area contributed by atoms with Gasteiger partial charge in [-0.15, -0.1) is 0 Å². The third-order valence-electron chi connectivity index (χ3n) is 2.49. The van der Waals surface area contributed by atoms with Crippen molar-refractivity contribution < 1.29 is 4.74 Å². The number of fused-ring (bicyclic) bond motifs is 1. The monoisotopic (exact) mass is 205 g/mol. The summed E-state index contributed by atoms with van der Waals surface area (Å²) in [7, 11) is 0. The molecule has 0 amide bonds. The van der Waals surface area contributed by atoms with E-state index in [2.05, 4.69) is 20.0 Å². The molecule has 0 atom stereocenters. The van der Waals surface area contributed by atoms with E-state index in [0.29, 0.717) is 0 Å². The van der Waals surface area contributed by atoms with Gasteiger partial charge in [0.25, 0.3) is 0 Å². The third-order valence-corrected chi connectivity index (χ3v) is 2.49. The van der Waals surface area contributed by atoms with Gasteiger partial charge in [-0.2, -0.15) is 0 Å². The number of hydrogen-bond donors (Lipinski definition) is 0. The highest BCUT2D eigenvalue weighted by atomic mass is 16.5. The van der Waals surface area contributed by atoms with Gasteiger partial charge in [0.1, 0.15) is 18.2 Å². The maximum atomic E-state index is 5.30. The summed E-state index contributed by atoms with van der Waals surface area (Å²) in [5.74, 6) is 0. The van der Waals surface area contributed by atoms with Gasteiger partial charge in [0.2, 0.25) is 0 Å². The number of imidazole rings is 1. The smallest absolute Gasteiger partial charge is 0.182 e. The Morgan fingerprint density at radius 1 is 1.20 bits per heavy atom. The third kappa shape index (κ3) is 1.42. The van der Waals surface area contributed by atoms with Crippen LogP contribution in [0.15, 0.2) is 18.9 Å². The molecule has 0 aliphatic carbocycles. The molecule has 15 heavy (non-hydrogen) atoms. The fraction of sp³-hybridized carbons (Fsp3) is 0.444. The lowest BCUT2D eigenvalue weighted by atomic mass is 10.5. The van der Waals surface area contributed by atoms with Crippen molar-refractivity contribution in [3.05, 3.63) is 18.9 Å². The highest BCUT2D eigenvalue weighted by Crippen LogP contribution is 2.08. The molecule has 0 bridgehead atoms. The van der Waals surface area contributed by atoms with E-state index in [1.807, 2.05) is 4.68 Å². The first-order valence-electron chi connectivity index (χ1n) is 4.91. The van der Waals surface area contributed by atoms with Crippen LogP contribution in [0.2, 0.25) is 0 Å². The number of nitrogens with zero attached hydrogens (tertiary/aromatic N) is 5. The topological polar surface area (TPSA) is 56.1 Å². The van der Waals surface area contributed by atoms with Gasteiger partial charge < -0.3 is 9.75 Å². The molecule has 1 saturated heterocycles. The molecule has 6 nitrogen and oxygen atoms in total. The number of ether oxygens (including phenoxy) is 1. The molecule has 3 heterocycles. The molecule has 78 valence electrons. The minimum absolute atomic E-state index is 0.755. The maximum absolute atomic E-state index is 5.30. The van der Waals surface area contributed by atoms with Crippen LogP contribution in [-0.4, -0.2) is 45.9 Å². The molecule has 6 heteroatoms. The van der Waals surface area contributed by atoms with Gasteiger partial charge in [-0.05, 0) is 0 Å². The van der Waals surface area contributed by atoms with E-state index in [0.717, 1.165) is 37.5 Å². The molecule has 2 aromatic rings. The average molecular weight is 205 g/mol.